The topological polar surface area (TPSA) is 23.6 Å². The van der Waals surface area contributed by atoms with E-state index in [4.69, 9.17) is 0 Å². The Balaban J connectivity index is 2.04. The van der Waals surface area contributed by atoms with Crippen molar-refractivity contribution in [3.8, 4) is 0 Å². The van der Waals surface area contributed by atoms with Crippen LogP contribution in [0.1, 0.15) is 26.3 Å². The molecule has 152 valence electrons. The SMILES string of the molecule is Cc1cc(F)c(N2CCN(CC(=O)C(C)(C)C)CC2)cc1SCC(F)(F)F. The number of rotatable bonds is 5. The highest BCUT2D eigenvalue weighted by Gasteiger charge is 2.29. The van der Waals surface area contributed by atoms with E-state index in [0.717, 1.165) is 0 Å². The molecule has 1 aliphatic rings. The summed E-state index contributed by atoms with van der Waals surface area (Å²) < 4.78 is 51.9. The molecule has 0 radical (unpaired) electrons. The molecule has 1 saturated heterocycles. The first-order valence-electron chi connectivity index (χ1n) is 8.87. The first kappa shape index (κ1) is 22.0. The molecule has 1 aliphatic heterocycles. The lowest BCUT2D eigenvalue weighted by Gasteiger charge is -2.37. The average molecular weight is 406 g/mol. The molecule has 0 aliphatic carbocycles. The summed E-state index contributed by atoms with van der Waals surface area (Å²) >= 11 is 0.679. The highest BCUT2D eigenvalue weighted by molar-refractivity contribution is 7.99. The van der Waals surface area contributed by atoms with E-state index in [9.17, 15) is 22.4 Å². The van der Waals surface area contributed by atoms with E-state index in [2.05, 4.69) is 0 Å². The molecular formula is C19H26F4N2OS. The number of alkyl halides is 3. The maximum Gasteiger partial charge on any atom is 0.398 e. The zero-order chi connectivity index (χ0) is 20.4. The summed E-state index contributed by atoms with van der Waals surface area (Å²) in [6, 6.07) is 2.81. The normalized spacial score (nSPS) is 16.7. The van der Waals surface area contributed by atoms with Crippen molar-refractivity contribution in [1.82, 2.24) is 4.90 Å². The third-order valence-electron chi connectivity index (χ3n) is 4.55. The van der Waals surface area contributed by atoms with E-state index in [-0.39, 0.29) is 5.78 Å². The molecule has 1 aromatic carbocycles. The number of hydrogen-bond acceptors (Lipinski definition) is 4. The lowest BCUT2D eigenvalue weighted by molar-refractivity contribution is -0.127. The minimum atomic E-state index is -4.27. The van der Waals surface area contributed by atoms with Crippen molar-refractivity contribution >= 4 is 23.2 Å². The standard InChI is InChI=1S/C19H26F4N2OS/c1-13-9-14(20)15(10-16(13)27-12-19(21,22)23)25-7-5-24(6-8-25)11-17(26)18(2,3)4/h9-10H,5-8,11-12H2,1-4H3. The number of benzene rings is 1. The van der Waals surface area contributed by atoms with Crippen LogP contribution >= 0.6 is 11.8 Å². The summed E-state index contributed by atoms with van der Waals surface area (Å²) in [5.74, 6) is -1.27. The van der Waals surface area contributed by atoms with Gasteiger partial charge in [0.2, 0.25) is 0 Å². The van der Waals surface area contributed by atoms with Crippen molar-refractivity contribution < 1.29 is 22.4 Å². The zero-order valence-corrected chi connectivity index (χ0v) is 16.9. The highest BCUT2D eigenvalue weighted by Crippen LogP contribution is 2.34. The van der Waals surface area contributed by atoms with Gasteiger partial charge in [-0.1, -0.05) is 20.8 Å². The van der Waals surface area contributed by atoms with E-state index < -0.39 is 23.2 Å². The number of piperazine rings is 1. The third-order valence-corrected chi connectivity index (χ3v) is 5.77. The van der Waals surface area contributed by atoms with Gasteiger partial charge in [0.25, 0.3) is 0 Å². The molecule has 1 aromatic rings. The van der Waals surface area contributed by atoms with Gasteiger partial charge in [-0.05, 0) is 24.6 Å². The maximum atomic E-state index is 14.4. The fraction of sp³-hybridized carbons (Fsp3) is 0.632. The lowest BCUT2D eigenvalue weighted by Crippen LogP contribution is -2.49. The minimum Gasteiger partial charge on any atom is -0.367 e. The number of thioether (sulfide) groups is 1. The van der Waals surface area contributed by atoms with Crippen molar-refractivity contribution in [3.05, 3.63) is 23.5 Å². The van der Waals surface area contributed by atoms with Crippen molar-refractivity contribution in [2.24, 2.45) is 5.41 Å². The maximum absolute atomic E-state index is 14.4. The summed E-state index contributed by atoms with van der Waals surface area (Å²) in [5.41, 5.74) is 0.428. The molecule has 3 nitrogen and oxygen atoms in total. The molecule has 0 amide bonds. The summed E-state index contributed by atoms with van der Waals surface area (Å²) in [6.45, 7) is 9.90. The van der Waals surface area contributed by atoms with Gasteiger partial charge in [0, 0.05) is 36.5 Å². The number of nitrogens with zero attached hydrogens (tertiary/aromatic N) is 2. The smallest absolute Gasteiger partial charge is 0.367 e. The number of anilines is 1. The Kier molecular flexibility index (Phi) is 6.84. The summed E-state index contributed by atoms with van der Waals surface area (Å²) in [6.07, 6.45) is -4.27. The highest BCUT2D eigenvalue weighted by atomic mass is 32.2. The fourth-order valence-corrected chi connectivity index (χ4v) is 3.59. The number of carbonyl (C=O) groups is 1. The van der Waals surface area contributed by atoms with Crippen LogP contribution < -0.4 is 4.90 Å². The van der Waals surface area contributed by atoms with Crippen molar-refractivity contribution in [2.45, 2.75) is 38.8 Å². The Morgan fingerprint density at radius 2 is 1.70 bits per heavy atom. The Morgan fingerprint density at radius 3 is 2.22 bits per heavy atom. The molecule has 0 N–H and O–H groups in total. The summed E-state index contributed by atoms with van der Waals surface area (Å²) in [7, 11) is 0. The van der Waals surface area contributed by atoms with Crippen LogP contribution in [0.3, 0.4) is 0 Å². The molecule has 27 heavy (non-hydrogen) atoms. The minimum absolute atomic E-state index is 0.156. The monoisotopic (exact) mass is 406 g/mol. The van der Waals surface area contributed by atoms with Crippen LogP contribution in [-0.2, 0) is 4.79 Å². The van der Waals surface area contributed by atoms with Crippen LogP contribution in [-0.4, -0.2) is 55.3 Å². The predicted octanol–water partition coefficient (Wildman–Crippen LogP) is 4.53. The van der Waals surface area contributed by atoms with Crippen LogP contribution in [0.4, 0.5) is 23.2 Å². The van der Waals surface area contributed by atoms with E-state index in [0.29, 0.717) is 60.6 Å². The van der Waals surface area contributed by atoms with E-state index in [1.54, 1.807) is 6.92 Å². The molecule has 1 heterocycles. The second kappa shape index (κ2) is 8.39. The average Bonchev–Trinajstić information content (AvgIpc) is 2.53. The number of Topliss-reactive ketones (excluding diaryl/α,β-unsaturated/α-hetero) is 1. The molecule has 0 spiro atoms. The quantitative estimate of drug-likeness (QED) is 0.530. The third kappa shape index (κ3) is 6.38. The van der Waals surface area contributed by atoms with Crippen LogP contribution in [0.15, 0.2) is 17.0 Å². The molecule has 8 heteroatoms. The Hall–Kier alpha value is -1.28. The zero-order valence-electron chi connectivity index (χ0n) is 16.1. The Labute approximate surface area is 162 Å². The van der Waals surface area contributed by atoms with Gasteiger partial charge in [-0.25, -0.2) is 4.39 Å². The molecule has 2 rings (SSSR count). The first-order chi connectivity index (χ1) is 12.4. The lowest BCUT2D eigenvalue weighted by atomic mass is 9.90. The second-order valence-electron chi connectivity index (χ2n) is 7.91. The summed E-state index contributed by atoms with van der Waals surface area (Å²) in [4.78, 5) is 16.5. The predicted molar refractivity (Wildman–Crippen MR) is 101 cm³/mol. The number of halogens is 4. The van der Waals surface area contributed by atoms with Crippen LogP contribution in [0.25, 0.3) is 0 Å². The van der Waals surface area contributed by atoms with Crippen LogP contribution in [0.2, 0.25) is 0 Å². The molecule has 0 atom stereocenters. The van der Waals surface area contributed by atoms with Crippen molar-refractivity contribution in [1.29, 1.82) is 0 Å². The largest absolute Gasteiger partial charge is 0.398 e. The van der Waals surface area contributed by atoms with Crippen molar-refractivity contribution in [3.63, 3.8) is 0 Å². The van der Waals surface area contributed by atoms with E-state index in [1.807, 2.05) is 30.6 Å². The van der Waals surface area contributed by atoms with Gasteiger partial charge >= 0.3 is 6.18 Å². The van der Waals surface area contributed by atoms with Gasteiger partial charge in [-0.2, -0.15) is 13.2 Å². The summed E-state index contributed by atoms with van der Waals surface area (Å²) in [5, 5.41) is 0. The van der Waals surface area contributed by atoms with Crippen molar-refractivity contribution in [2.75, 3.05) is 43.4 Å². The van der Waals surface area contributed by atoms with Crippen LogP contribution in [0.5, 0.6) is 0 Å². The van der Waals surface area contributed by atoms with Gasteiger partial charge in [0.1, 0.15) is 5.82 Å². The second-order valence-corrected chi connectivity index (χ2v) is 8.93. The molecule has 0 unspecified atom stereocenters. The van der Waals surface area contributed by atoms with Gasteiger partial charge in [0.05, 0.1) is 18.0 Å². The number of ketones is 1. The van der Waals surface area contributed by atoms with Gasteiger partial charge in [0.15, 0.2) is 5.78 Å². The number of hydrogen-bond donors (Lipinski definition) is 0. The first-order valence-corrected chi connectivity index (χ1v) is 9.86. The molecule has 0 saturated carbocycles. The molecule has 1 fully saturated rings. The van der Waals surface area contributed by atoms with Gasteiger partial charge < -0.3 is 4.90 Å². The van der Waals surface area contributed by atoms with Gasteiger partial charge in [-0.3, -0.25) is 9.69 Å². The van der Waals surface area contributed by atoms with E-state index >= 15 is 0 Å². The Morgan fingerprint density at radius 1 is 1.11 bits per heavy atom. The number of aryl methyl sites for hydroxylation is 1. The molecule has 0 bridgehead atoms. The Bertz CT molecular complexity index is 678. The van der Waals surface area contributed by atoms with Gasteiger partial charge in [-0.15, -0.1) is 11.8 Å². The number of carbonyl (C=O) groups excluding carboxylic acids is 1. The molecule has 0 aromatic heterocycles. The fourth-order valence-electron chi connectivity index (χ4n) is 2.79. The van der Waals surface area contributed by atoms with Crippen LogP contribution in [0, 0.1) is 18.2 Å². The molecular weight excluding hydrogens is 380 g/mol. The van der Waals surface area contributed by atoms with E-state index in [1.165, 1.54) is 12.1 Å².